The number of alkyl halides is 1. The fourth-order valence-electron chi connectivity index (χ4n) is 5.13. The van der Waals surface area contributed by atoms with E-state index in [4.69, 9.17) is 21.3 Å². The Bertz CT molecular complexity index is 1110. The maximum atomic E-state index is 13.8. The Morgan fingerprint density at radius 1 is 1.16 bits per heavy atom. The summed E-state index contributed by atoms with van der Waals surface area (Å²) in [5, 5.41) is 0. The quantitative estimate of drug-likeness (QED) is 0.340. The molecule has 0 unspecified atom stereocenters. The molecule has 0 saturated heterocycles. The number of nitrogens with zero attached hydrogens (tertiary/aromatic N) is 3. The molecule has 1 aromatic heterocycles. The van der Waals surface area contributed by atoms with Crippen molar-refractivity contribution in [1.29, 1.82) is 0 Å². The standard InChI is InChI=1S/C25H30ClN3O2Si/c1-32(2,3)10-9-31-16-29-23-21(5-4-8-27-23)25(24(29)30)13-18-11-17-6-7-20(15-26)28-22(17)12-19(18)14-25/h4-5,8,11-12H,6-7,9-10,13-16H2,1-3H3/t25-/m0/s1. The molecular weight excluding hydrogens is 438 g/mol. The Labute approximate surface area is 195 Å². The third kappa shape index (κ3) is 3.72. The smallest absolute Gasteiger partial charge is 0.241 e. The number of hydrogen-bond acceptors (Lipinski definition) is 4. The molecule has 0 saturated carbocycles. The number of amides is 1. The van der Waals surface area contributed by atoms with Crippen LogP contribution in [-0.2, 0) is 34.2 Å². The first-order valence-corrected chi connectivity index (χ1v) is 15.7. The van der Waals surface area contributed by atoms with Gasteiger partial charge in [-0.25, -0.2) is 4.98 Å². The average molecular weight is 468 g/mol. The van der Waals surface area contributed by atoms with Crippen molar-refractivity contribution < 1.29 is 9.53 Å². The van der Waals surface area contributed by atoms with Crippen LogP contribution in [0.25, 0.3) is 0 Å². The van der Waals surface area contributed by atoms with Crippen LogP contribution in [0.3, 0.4) is 0 Å². The van der Waals surface area contributed by atoms with E-state index < -0.39 is 13.5 Å². The van der Waals surface area contributed by atoms with Crippen molar-refractivity contribution in [2.45, 2.75) is 56.8 Å². The second kappa shape index (κ2) is 8.08. The Hall–Kier alpha value is -2.02. The minimum Gasteiger partial charge on any atom is -0.361 e. The summed E-state index contributed by atoms with van der Waals surface area (Å²) in [6, 6.07) is 9.54. The second-order valence-corrected chi connectivity index (χ2v) is 16.3. The molecule has 1 aromatic carbocycles. The van der Waals surface area contributed by atoms with E-state index in [0.717, 1.165) is 41.7 Å². The number of pyridine rings is 1. The molecule has 1 amide bonds. The van der Waals surface area contributed by atoms with E-state index in [-0.39, 0.29) is 12.6 Å². The van der Waals surface area contributed by atoms with Crippen molar-refractivity contribution in [1.82, 2.24) is 4.98 Å². The topological polar surface area (TPSA) is 54.8 Å². The van der Waals surface area contributed by atoms with Gasteiger partial charge in [-0.05, 0) is 60.6 Å². The molecule has 5 nitrogen and oxygen atoms in total. The Morgan fingerprint density at radius 3 is 2.69 bits per heavy atom. The van der Waals surface area contributed by atoms with Gasteiger partial charge < -0.3 is 4.74 Å². The van der Waals surface area contributed by atoms with E-state index >= 15 is 0 Å². The van der Waals surface area contributed by atoms with Gasteiger partial charge in [0.15, 0.2) is 0 Å². The molecule has 7 heteroatoms. The zero-order chi connectivity index (χ0) is 22.5. The summed E-state index contributed by atoms with van der Waals surface area (Å²) >= 11 is 6.03. The Balaban J connectivity index is 1.43. The fraction of sp³-hybridized carbons (Fsp3) is 0.480. The van der Waals surface area contributed by atoms with E-state index in [1.807, 2.05) is 6.07 Å². The number of halogens is 1. The number of benzene rings is 1. The number of anilines is 1. The van der Waals surface area contributed by atoms with E-state index in [1.165, 1.54) is 16.7 Å². The molecule has 3 heterocycles. The highest BCUT2D eigenvalue weighted by atomic mass is 35.5. The minimum atomic E-state index is -1.18. The van der Waals surface area contributed by atoms with Gasteiger partial charge in [0.25, 0.3) is 0 Å². The van der Waals surface area contributed by atoms with Crippen molar-refractivity contribution in [2.75, 3.05) is 24.1 Å². The number of fused-ring (bicyclic) bond motifs is 4. The molecule has 2 aliphatic heterocycles. The number of rotatable bonds is 6. The molecule has 2 aromatic rings. The lowest BCUT2D eigenvalue weighted by Gasteiger charge is -2.23. The number of carbonyl (C=O) groups excluding carboxylic acids is 1. The second-order valence-electron chi connectivity index (χ2n) is 10.5. The lowest BCUT2D eigenvalue weighted by molar-refractivity contribution is -0.124. The normalized spacial score (nSPS) is 21.6. The van der Waals surface area contributed by atoms with Crippen LogP contribution in [0.4, 0.5) is 11.5 Å². The Kier molecular flexibility index (Phi) is 5.51. The van der Waals surface area contributed by atoms with E-state index in [0.29, 0.717) is 25.3 Å². The molecule has 3 aliphatic rings. The molecule has 1 aliphatic carbocycles. The number of aryl methyl sites for hydroxylation is 1. The van der Waals surface area contributed by atoms with Gasteiger partial charge in [-0.2, -0.15) is 0 Å². The first kappa shape index (κ1) is 21.8. The molecule has 1 spiro atoms. The summed E-state index contributed by atoms with van der Waals surface area (Å²) in [5.41, 5.74) is 6.24. The highest BCUT2D eigenvalue weighted by molar-refractivity contribution is 6.76. The zero-order valence-corrected chi connectivity index (χ0v) is 20.8. The van der Waals surface area contributed by atoms with Crippen LogP contribution in [-0.4, -0.2) is 43.9 Å². The van der Waals surface area contributed by atoms with Gasteiger partial charge in [-0.3, -0.25) is 14.7 Å². The number of hydrogen-bond donors (Lipinski definition) is 0. The average Bonchev–Trinajstić information content (AvgIpc) is 3.24. The molecular formula is C25H30ClN3O2Si. The first-order chi connectivity index (χ1) is 15.3. The number of aliphatic imine (C=N–C) groups is 1. The first-order valence-electron chi connectivity index (χ1n) is 11.4. The molecule has 1 atom stereocenters. The lowest BCUT2D eigenvalue weighted by Crippen LogP contribution is -2.42. The zero-order valence-electron chi connectivity index (χ0n) is 19.1. The van der Waals surface area contributed by atoms with Gasteiger partial charge >= 0.3 is 0 Å². The maximum Gasteiger partial charge on any atom is 0.241 e. The van der Waals surface area contributed by atoms with Gasteiger partial charge in [0, 0.05) is 32.2 Å². The third-order valence-electron chi connectivity index (χ3n) is 6.93. The van der Waals surface area contributed by atoms with Crippen molar-refractivity contribution in [3.8, 4) is 0 Å². The van der Waals surface area contributed by atoms with Crippen LogP contribution in [0.15, 0.2) is 35.5 Å². The van der Waals surface area contributed by atoms with Crippen molar-refractivity contribution in [3.05, 3.63) is 52.7 Å². The third-order valence-corrected chi connectivity index (χ3v) is 8.94. The summed E-state index contributed by atoms with van der Waals surface area (Å²) in [6.07, 6.45) is 5.04. The molecule has 0 radical (unpaired) electrons. The summed E-state index contributed by atoms with van der Waals surface area (Å²) < 4.78 is 5.98. The van der Waals surface area contributed by atoms with Gasteiger partial charge in [0.1, 0.15) is 12.5 Å². The SMILES string of the molecule is C[Si](C)(C)CCOCN1C(=O)[C@]2(Cc3cc4c(cc3C2)N=C(CCl)CC4)c2cccnc21. The summed E-state index contributed by atoms with van der Waals surface area (Å²) in [7, 11) is -1.18. The summed E-state index contributed by atoms with van der Waals surface area (Å²) in [5.74, 6) is 1.34. The highest BCUT2D eigenvalue weighted by Crippen LogP contribution is 2.50. The van der Waals surface area contributed by atoms with Crippen LogP contribution in [0.5, 0.6) is 0 Å². The van der Waals surface area contributed by atoms with E-state index in [9.17, 15) is 4.79 Å². The predicted molar refractivity (Wildman–Crippen MR) is 132 cm³/mol. The molecule has 0 fully saturated rings. The predicted octanol–water partition coefficient (Wildman–Crippen LogP) is 5.03. The Morgan fingerprint density at radius 2 is 1.94 bits per heavy atom. The van der Waals surface area contributed by atoms with Crippen LogP contribution in [0.2, 0.25) is 25.7 Å². The van der Waals surface area contributed by atoms with Crippen LogP contribution >= 0.6 is 11.6 Å². The monoisotopic (exact) mass is 467 g/mol. The largest absolute Gasteiger partial charge is 0.361 e. The number of aromatic nitrogens is 1. The van der Waals surface area contributed by atoms with Crippen LogP contribution in [0.1, 0.15) is 28.7 Å². The lowest BCUT2D eigenvalue weighted by atomic mass is 9.79. The van der Waals surface area contributed by atoms with Crippen LogP contribution in [0, 0.1) is 0 Å². The van der Waals surface area contributed by atoms with Gasteiger partial charge in [0.05, 0.1) is 17.0 Å². The molecule has 5 rings (SSSR count). The van der Waals surface area contributed by atoms with Crippen molar-refractivity contribution in [2.24, 2.45) is 4.99 Å². The van der Waals surface area contributed by atoms with E-state index in [1.54, 1.807) is 11.1 Å². The van der Waals surface area contributed by atoms with Gasteiger partial charge in [-0.1, -0.05) is 31.8 Å². The highest BCUT2D eigenvalue weighted by Gasteiger charge is 2.54. The van der Waals surface area contributed by atoms with E-state index in [2.05, 4.69) is 42.8 Å². The molecule has 0 bridgehead atoms. The maximum absolute atomic E-state index is 13.8. The molecule has 0 N–H and O–H groups in total. The summed E-state index contributed by atoms with van der Waals surface area (Å²) in [4.78, 5) is 25.0. The van der Waals surface area contributed by atoms with Gasteiger partial charge in [-0.15, -0.1) is 11.6 Å². The number of carbonyl (C=O) groups is 1. The minimum absolute atomic E-state index is 0.110. The van der Waals surface area contributed by atoms with Gasteiger partial charge in [0.2, 0.25) is 5.91 Å². The van der Waals surface area contributed by atoms with Crippen molar-refractivity contribution in [3.63, 3.8) is 0 Å². The number of ether oxygens (including phenoxy) is 1. The molecule has 168 valence electrons. The van der Waals surface area contributed by atoms with Crippen LogP contribution < -0.4 is 4.90 Å². The van der Waals surface area contributed by atoms with Crippen molar-refractivity contribution >= 4 is 42.8 Å². The fourth-order valence-corrected chi connectivity index (χ4v) is 6.08. The molecule has 32 heavy (non-hydrogen) atoms. The summed E-state index contributed by atoms with van der Waals surface area (Å²) in [6.45, 7) is 7.95.